The lowest BCUT2D eigenvalue weighted by Gasteiger charge is -2.17. The summed E-state index contributed by atoms with van der Waals surface area (Å²) in [6.07, 6.45) is 0. The average molecular weight is 205 g/mol. The molecule has 0 aliphatic heterocycles. The molecule has 0 fully saturated rings. The predicted molar refractivity (Wildman–Crippen MR) is 58.9 cm³/mol. The van der Waals surface area contributed by atoms with Crippen LogP contribution in [0.4, 0.5) is 0 Å². The standard InChI is InChI=1S/C9H23NO2Si/c1-5-11-9(12-6-2)13-8-7-10(3)4/h9H,5-8,13H2,1-4H3. The van der Waals surface area contributed by atoms with Crippen LogP contribution in [0.2, 0.25) is 6.04 Å². The molecular formula is C9H23NO2Si. The summed E-state index contributed by atoms with van der Waals surface area (Å²) < 4.78 is 11.0. The Balaban J connectivity index is 3.44. The van der Waals surface area contributed by atoms with Crippen LogP contribution < -0.4 is 0 Å². The highest BCUT2D eigenvalue weighted by molar-refractivity contribution is 6.36. The maximum atomic E-state index is 5.49. The lowest BCUT2D eigenvalue weighted by atomic mass is 10.7. The number of nitrogens with zero attached hydrogens (tertiary/aromatic N) is 1. The molecule has 80 valence electrons. The first-order chi connectivity index (χ1) is 6.20. The summed E-state index contributed by atoms with van der Waals surface area (Å²) in [6, 6.07) is 1.26. The highest BCUT2D eigenvalue weighted by Crippen LogP contribution is 1.96. The van der Waals surface area contributed by atoms with Crippen LogP contribution in [-0.2, 0) is 9.47 Å². The van der Waals surface area contributed by atoms with Crippen molar-refractivity contribution in [3.8, 4) is 0 Å². The van der Waals surface area contributed by atoms with Crippen molar-refractivity contribution in [2.24, 2.45) is 0 Å². The summed E-state index contributed by atoms with van der Waals surface area (Å²) in [5, 5.41) is 0. The second-order valence-electron chi connectivity index (χ2n) is 3.29. The Labute approximate surface area is 84.2 Å². The lowest BCUT2D eigenvalue weighted by Crippen LogP contribution is -2.27. The Morgan fingerprint density at radius 2 is 1.69 bits per heavy atom. The second-order valence-corrected chi connectivity index (χ2v) is 5.24. The van der Waals surface area contributed by atoms with Gasteiger partial charge in [0.1, 0.15) is 5.91 Å². The third-order valence-corrected chi connectivity index (χ3v) is 3.42. The lowest BCUT2D eigenvalue weighted by molar-refractivity contribution is -0.0828. The predicted octanol–water partition coefficient (Wildman–Crippen LogP) is 0.492. The highest BCUT2D eigenvalue weighted by Gasteiger charge is 2.07. The van der Waals surface area contributed by atoms with Crippen LogP contribution in [-0.4, -0.2) is 54.2 Å². The average Bonchev–Trinajstić information content (AvgIpc) is 2.04. The third-order valence-electron chi connectivity index (χ3n) is 1.75. The van der Waals surface area contributed by atoms with E-state index in [1.165, 1.54) is 6.04 Å². The van der Waals surface area contributed by atoms with Crippen LogP contribution in [0, 0.1) is 0 Å². The Hall–Kier alpha value is 0.0969. The highest BCUT2D eigenvalue weighted by atomic mass is 28.2. The molecule has 0 heterocycles. The van der Waals surface area contributed by atoms with E-state index in [2.05, 4.69) is 19.0 Å². The fraction of sp³-hybridized carbons (Fsp3) is 1.00. The molecule has 0 aromatic heterocycles. The van der Waals surface area contributed by atoms with E-state index >= 15 is 0 Å². The van der Waals surface area contributed by atoms with Gasteiger partial charge in [0.15, 0.2) is 0 Å². The van der Waals surface area contributed by atoms with E-state index in [0.29, 0.717) is 0 Å². The van der Waals surface area contributed by atoms with Crippen LogP contribution in [0.15, 0.2) is 0 Å². The first-order valence-corrected chi connectivity index (χ1v) is 6.90. The molecule has 0 saturated heterocycles. The van der Waals surface area contributed by atoms with Gasteiger partial charge in [-0.1, -0.05) is 0 Å². The van der Waals surface area contributed by atoms with Gasteiger partial charge in [-0.3, -0.25) is 0 Å². The number of rotatable bonds is 8. The molecule has 0 saturated carbocycles. The zero-order chi connectivity index (χ0) is 10.1. The van der Waals surface area contributed by atoms with E-state index in [4.69, 9.17) is 9.47 Å². The topological polar surface area (TPSA) is 21.7 Å². The molecule has 13 heavy (non-hydrogen) atoms. The first-order valence-electron chi connectivity index (χ1n) is 5.08. The maximum Gasteiger partial charge on any atom is 0.134 e. The van der Waals surface area contributed by atoms with E-state index in [1.807, 2.05) is 13.8 Å². The van der Waals surface area contributed by atoms with Gasteiger partial charge in [0.2, 0.25) is 0 Å². The van der Waals surface area contributed by atoms with E-state index in [1.54, 1.807) is 0 Å². The number of ether oxygens (including phenoxy) is 2. The summed E-state index contributed by atoms with van der Waals surface area (Å²) in [4.78, 5) is 2.21. The molecule has 0 rings (SSSR count). The minimum absolute atomic E-state index is 0.134. The van der Waals surface area contributed by atoms with Crippen LogP contribution in [0.5, 0.6) is 0 Å². The van der Waals surface area contributed by atoms with Gasteiger partial charge < -0.3 is 14.4 Å². The largest absolute Gasteiger partial charge is 0.357 e. The van der Waals surface area contributed by atoms with Gasteiger partial charge in [-0.2, -0.15) is 0 Å². The summed E-state index contributed by atoms with van der Waals surface area (Å²) in [5.41, 5.74) is 0. The summed E-state index contributed by atoms with van der Waals surface area (Å²) in [5.74, 6) is 0.134. The molecule has 0 aliphatic rings. The molecule has 0 spiro atoms. The summed E-state index contributed by atoms with van der Waals surface area (Å²) in [7, 11) is 3.98. The third kappa shape index (κ3) is 8.43. The van der Waals surface area contributed by atoms with Gasteiger partial charge in [-0.25, -0.2) is 0 Å². The minimum atomic E-state index is -0.226. The quantitative estimate of drug-likeness (QED) is 0.425. The minimum Gasteiger partial charge on any atom is -0.357 e. The van der Waals surface area contributed by atoms with Crippen LogP contribution in [0.25, 0.3) is 0 Å². The molecule has 0 bridgehead atoms. The Kier molecular flexibility index (Phi) is 8.75. The van der Waals surface area contributed by atoms with Gasteiger partial charge in [-0.15, -0.1) is 0 Å². The maximum absolute atomic E-state index is 5.49. The number of hydrogen-bond acceptors (Lipinski definition) is 3. The van der Waals surface area contributed by atoms with Crippen molar-refractivity contribution in [1.82, 2.24) is 4.90 Å². The smallest absolute Gasteiger partial charge is 0.134 e. The summed E-state index contributed by atoms with van der Waals surface area (Å²) in [6.45, 7) is 6.72. The van der Waals surface area contributed by atoms with Gasteiger partial charge in [0.05, 0.1) is 9.52 Å². The second kappa shape index (κ2) is 8.68. The SMILES string of the molecule is CCOC(OCC)[SiH2]CCN(C)C. The van der Waals surface area contributed by atoms with Crippen LogP contribution in [0.1, 0.15) is 13.8 Å². The molecule has 4 heteroatoms. The molecule has 0 unspecified atom stereocenters. The zero-order valence-electron chi connectivity index (χ0n) is 9.38. The van der Waals surface area contributed by atoms with Crippen molar-refractivity contribution in [2.75, 3.05) is 33.9 Å². The Morgan fingerprint density at radius 1 is 1.15 bits per heavy atom. The Morgan fingerprint density at radius 3 is 2.08 bits per heavy atom. The fourth-order valence-electron chi connectivity index (χ4n) is 1.16. The first kappa shape index (κ1) is 13.1. The molecule has 0 atom stereocenters. The molecule has 0 radical (unpaired) electrons. The monoisotopic (exact) mass is 205 g/mol. The van der Waals surface area contributed by atoms with Crippen LogP contribution in [0.3, 0.4) is 0 Å². The van der Waals surface area contributed by atoms with E-state index in [0.717, 1.165) is 19.8 Å². The van der Waals surface area contributed by atoms with Crippen molar-refractivity contribution in [3.05, 3.63) is 0 Å². The van der Waals surface area contributed by atoms with Crippen molar-refractivity contribution < 1.29 is 9.47 Å². The molecule has 0 N–H and O–H groups in total. The molecule has 0 aromatic rings. The molecule has 0 amide bonds. The van der Waals surface area contributed by atoms with Gasteiger partial charge in [0.25, 0.3) is 0 Å². The fourth-order valence-corrected chi connectivity index (χ4v) is 3.11. The summed E-state index contributed by atoms with van der Waals surface area (Å²) >= 11 is 0. The van der Waals surface area contributed by atoms with Crippen LogP contribution >= 0.6 is 0 Å². The van der Waals surface area contributed by atoms with Crippen molar-refractivity contribution in [1.29, 1.82) is 0 Å². The van der Waals surface area contributed by atoms with E-state index < -0.39 is 0 Å². The number of hydrogen-bond donors (Lipinski definition) is 0. The molecule has 0 aliphatic carbocycles. The van der Waals surface area contributed by atoms with E-state index in [9.17, 15) is 0 Å². The van der Waals surface area contributed by atoms with Gasteiger partial charge in [0, 0.05) is 13.2 Å². The molecule has 3 nitrogen and oxygen atoms in total. The van der Waals surface area contributed by atoms with Gasteiger partial charge in [-0.05, 0) is 40.5 Å². The van der Waals surface area contributed by atoms with Crippen molar-refractivity contribution in [2.45, 2.75) is 25.8 Å². The molecule has 0 aromatic carbocycles. The normalized spacial score (nSPS) is 12.5. The molecular weight excluding hydrogens is 182 g/mol. The van der Waals surface area contributed by atoms with Gasteiger partial charge >= 0.3 is 0 Å². The van der Waals surface area contributed by atoms with Crippen molar-refractivity contribution >= 4 is 9.52 Å². The van der Waals surface area contributed by atoms with E-state index in [-0.39, 0.29) is 15.4 Å². The zero-order valence-corrected chi connectivity index (χ0v) is 10.8. The Bertz CT molecular complexity index is 106. The van der Waals surface area contributed by atoms with Crippen molar-refractivity contribution in [3.63, 3.8) is 0 Å².